The molecule has 0 aliphatic carbocycles. The molecule has 14 atom stereocenters. The Hall–Kier alpha value is -13.2. The molecule has 754 valence electrons. The number of carboxylic acid groups (broad SMARTS) is 4. The predicted octanol–water partition coefficient (Wildman–Crippen LogP) is -8.63. The monoisotopic (exact) mass is 1960 g/mol. The number of guanidine groups is 3. The van der Waals surface area contributed by atoms with Crippen molar-refractivity contribution in [3.05, 3.63) is 71.8 Å². The van der Waals surface area contributed by atoms with Gasteiger partial charge >= 0.3 is 39.5 Å². The number of carboxylic acids is 4. The molecule has 14 amide bonds. The second-order valence-electron chi connectivity index (χ2n) is 31.3. The van der Waals surface area contributed by atoms with Gasteiger partial charge in [-0.1, -0.05) is 94.8 Å². The molecule has 135 heavy (non-hydrogen) atoms. The number of carbonyl (C=O) groups excluding carboxylic acids is 14. The fraction of sp³-hybridized carbons (Fsp3) is 0.577. The van der Waals surface area contributed by atoms with Crippen LogP contribution in [0.1, 0.15) is 142 Å². The lowest BCUT2D eigenvalue weighted by atomic mass is 9.97. The van der Waals surface area contributed by atoms with Crippen LogP contribution in [0.3, 0.4) is 0 Å². The number of amides is 14. The van der Waals surface area contributed by atoms with E-state index in [2.05, 4.69) is 83.5 Å². The first-order chi connectivity index (χ1) is 63.3. The summed E-state index contributed by atoms with van der Waals surface area (Å²) in [5, 5.41) is 102. The third-order valence-electron chi connectivity index (χ3n) is 19.6. The first-order valence-corrected chi connectivity index (χ1v) is 45.6. The Morgan fingerprint density at radius 2 is 0.689 bits per heavy atom. The Labute approximate surface area is 774 Å². The Kier molecular flexibility index (Phi) is 53.8. The highest BCUT2D eigenvalue weighted by Gasteiger charge is 2.40. The number of carbonyl (C=O) groups is 18. The number of rotatable bonds is 67. The molecule has 0 heterocycles. The molecule has 0 bridgehead atoms. The molecule has 2 aromatic rings. The molecule has 0 fully saturated rings. The second-order valence-corrected chi connectivity index (χ2v) is 33.8. The highest BCUT2D eigenvalue weighted by molar-refractivity contribution is 7.46. The standard InChI is InChI=1S/C78H127N25O30P2/c1-5-42(4)62(75(125)90-37-57(104)92-46(22-14-30-87-76(81)82)65(115)99-53(64(114)91-38-61(111)112)34-43-17-8-6-9-18-43)103-70(120)49(24-16-32-89-78(85)86)94-66(116)48(23-15-31-88-77(83)84)95-71(121)52(33-41(2)3)98-72(122)54(35-44-19-10-7-11-20-44)100-67(117)47(21-12-13-29-79)93-68(118)50(25-27-58(105)106)96-69(119)51(26-28-59(107)108)97-73(123)56(40-133-135(129,130)131)102-74(124)55(39-132-134(126,127)128)101-63(113)45(80)36-60(109)110/h6-11,17-20,41-42,45-56,62H,5,12-16,21-40,79-80H2,1-4H3,(H,90,125)(H,91,114)(H,92,104)(H,93,118)(H,94,116)(H,95,121)(H,96,119)(H,97,123)(H,98,122)(H,99,115)(H,100,117)(H,101,113)(H,102,124)(H,103,120)(H,105,106)(H,107,108)(H,109,110)(H,111,112)(H4,81,82,87)(H4,83,84,88)(H4,85,86,89)(H2,126,127,128)(H2,129,130,131)/t42-,45-,46-,47-,48-,49-,50-,51-,52-,53-,54-,55-,56-,62-/m0/s1. The van der Waals surface area contributed by atoms with Crippen molar-refractivity contribution >= 4 is 140 Å². The summed E-state index contributed by atoms with van der Waals surface area (Å²) in [5.74, 6) is -25.4. The molecule has 55 nitrogen and oxygen atoms in total. The van der Waals surface area contributed by atoms with E-state index in [1.54, 1.807) is 88.4 Å². The largest absolute Gasteiger partial charge is 0.481 e. The summed E-state index contributed by atoms with van der Waals surface area (Å²) >= 11 is 0. The van der Waals surface area contributed by atoms with Gasteiger partial charge in [-0.2, -0.15) is 0 Å². The minimum atomic E-state index is -5.64. The van der Waals surface area contributed by atoms with Gasteiger partial charge in [-0.25, -0.2) is 9.13 Å². The van der Waals surface area contributed by atoms with Crippen molar-refractivity contribution in [2.45, 2.75) is 222 Å². The Morgan fingerprint density at radius 1 is 0.370 bits per heavy atom. The molecule has 2 rings (SSSR count). The number of unbranched alkanes of at least 4 members (excludes halogenated alkanes) is 1. The van der Waals surface area contributed by atoms with Crippen molar-refractivity contribution in [3.8, 4) is 0 Å². The Bertz CT molecular complexity index is 4460. The maximum atomic E-state index is 15.1. The van der Waals surface area contributed by atoms with Crippen molar-refractivity contribution in [2.24, 2.45) is 40.5 Å². The van der Waals surface area contributed by atoms with E-state index in [1.165, 1.54) is 0 Å². The van der Waals surface area contributed by atoms with Crippen LogP contribution < -0.4 is 119 Å². The van der Waals surface area contributed by atoms with Crippen LogP contribution in [0, 0.1) is 28.1 Å². The van der Waals surface area contributed by atoms with Crippen LogP contribution in [0.25, 0.3) is 0 Å². The highest BCUT2D eigenvalue weighted by Crippen LogP contribution is 2.37. The number of hydrogen-bond donors (Lipinski definition) is 33. The normalized spacial score (nSPS) is 14.3. The van der Waals surface area contributed by atoms with E-state index in [-0.39, 0.29) is 110 Å². The number of nitrogens with one attached hydrogen (secondary N) is 20. The average Bonchev–Trinajstić information content (AvgIpc) is 0.841. The molecule has 2 aromatic carbocycles. The molecule has 0 aliphatic rings. The molecular formula is C78H127N25O30P2. The third-order valence-corrected chi connectivity index (χ3v) is 20.6. The summed E-state index contributed by atoms with van der Waals surface area (Å²) in [5.41, 5.74) is 28.9. The van der Waals surface area contributed by atoms with Crippen molar-refractivity contribution in [1.29, 1.82) is 16.2 Å². The van der Waals surface area contributed by atoms with E-state index in [9.17, 15) is 126 Å². The smallest absolute Gasteiger partial charge is 0.469 e. The average molecular weight is 1960 g/mol. The van der Waals surface area contributed by atoms with Crippen molar-refractivity contribution < 1.29 is 144 Å². The number of hydrogen-bond acceptors (Lipinski definition) is 27. The number of phosphoric ester groups is 2. The van der Waals surface area contributed by atoms with E-state index in [1.807, 2.05) is 16.0 Å². The van der Waals surface area contributed by atoms with Crippen LogP contribution in [0.4, 0.5) is 0 Å². The summed E-state index contributed by atoms with van der Waals surface area (Å²) in [6, 6.07) is -7.29. The topological polar surface area (TPSA) is 928 Å². The molecular weight excluding hydrogens is 1830 g/mol. The lowest BCUT2D eigenvalue weighted by Gasteiger charge is -2.29. The summed E-state index contributed by atoms with van der Waals surface area (Å²) in [7, 11) is -11.2. The predicted molar refractivity (Wildman–Crippen MR) is 476 cm³/mol. The van der Waals surface area contributed by atoms with E-state index in [0.29, 0.717) is 11.1 Å². The summed E-state index contributed by atoms with van der Waals surface area (Å²) in [6.45, 7) is 1.84. The van der Waals surface area contributed by atoms with Gasteiger partial charge in [0.2, 0.25) is 82.7 Å². The fourth-order valence-electron chi connectivity index (χ4n) is 12.5. The van der Waals surface area contributed by atoms with Crippen molar-refractivity contribution in [2.75, 3.05) is 52.5 Å². The molecule has 0 radical (unpaired) electrons. The second kappa shape index (κ2) is 61.6. The first-order valence-electron chi connectivity index (χ1n) is 42.6. The zero-order valence-electron chi connectivity index (χ0n) is 74.7. The van der Waals surface area contributed by atoms with Crippen molar-refractivity contribution in [1.82, 2.24) is 90.4 Å². The maximum Gasteiger partial charge on any atom is 0.469 e. The summed E-state index contributed by atoms with van der Waals surface area (Å²) in [4.78, 5) is 284. The molecule has 0 spiro atoms. The zero-order valence-corrected chi connectivity index (χ0v) is 76.4. The zero-order chi connectivity index (χ0) is 102. The third kappa shape index (κ3) is 51.1. The summed E-state index contributed by atoms with van der Waals surface area (Å²) < 4.78 is 32.3. The van der Waals surface area contributed by atoms with Gasteiger partial charge < -0.3 is 159 Å². The molecule has 57 heteroatoms. The van der Waals surface area contributed by atoms with Crippen LogP contribution in [0.15, 0.2) is 60.7 Å². The molecule has 0 aliphatic heterocycles. The van der Waals surface area contributed by atoms with Crippen LogP contribution in [-0.2, 0) is 117 Å². The molecule has 38 N–H and O–H groups in total. The van der Waals surface area contributed by atoms with Crippen LogP contribution in [0.5, 0.6) is 0 Å². The first kappa shape index (κ1) is 118. The minimum absolute atomic E-state index is 0.00302. The van der Waals surface area contributed by atoms with Gasteiger partial charge in [0.15, 0.2) is 17.9 Å². The van der Waals surface area contributed by atoms with Crippen LogP contribution >= 0.6 is 15.6 Å². The summed E-state index contributed by atoms with van der Waals surface area (Å²) in [6.07, 6.45) is -6.02. The fourth-order valence-corrected chi connectivity index (χ4v) is 13.2. The number of aliphatic carboxylic acids is 4. The van der Waals surface area contributed by atoms with Gasteiger partial charge in [-0.05, 0) is 107 Å². The maximum absolute atomic E-state index is 15.1. The van der Waals surface area contributed by atoms with Crippen molar-refractivity contribution in [3.63, 3.8) is 0 Å². The van der Waals surface area contributed by atoms with E-state index >= 15 is 4.79 Å². The van der Waals surface area contributed by atoms with Gasteiger partial charge in [0.25, 0.3) is 0 Å². The molecule has 0 saturated heterocycles. The molecule has 0 aromatic heterocycles. The van der Waals surface area contributed by atoms with Gasteiger partial charge in [0.1, 0.15) is 79.0 Å². The minimum Gasteiger partial charge on any atom is -0.481 e. The molecule has 0 saturated carbocycles. The van der Waals surface area contributed by atoms with Gasteiger partial charge in [-0.15, -0.1) is 0 Å². The number of phosphoric acid groups is 2. The Balaban J connectivity index is 2.71. The highest BCUT2D eigenvalue weighted by atomic mass is 31.2. The van der Waals surface area contributed by atoms with E-state index < -0.39 is 289 Å². The van der Waals surface area contributed by atoms with Gasteiger partial charge in [0.05, 0.1) is 32.2 Å². The van der Waals surface area contributed by atoms with Gasteiger partial charge in [0, 0.05) is 45.3 Å². The lowest BCUT2D eigenvalue weighted by molar-refractivity contribution is -0.140. The quantitative estimate of drug-likeness (QED) is 0.0127. The van der Waals surface area contributed by atoms with E-state index in [4.69, 9.17) is 50.0 Å². The SMILES string of the molecule is CC[C@H](C)[C@H](NC(=O)[C@H](CCCNC(=N)N)NC(=O)[C@H](CCCNC(=N)N)NC(=O)[C@H](CC(C)C)NC(=O)[C@H](Cc1ccccc1)NC(=O)[C@H](CCCCN)NC(=O)[C@H](CCC(=O)O)NC(=O)[C@H](CCC(=O)O)NC(=O)[C@H](COP(=O)(O)O)NC(=O)[C@H](COP(=O)(O)O)NC(=O)[C@@H](N)CC(=O)O)C(=O)NCC(=O)N[C@@H](CCCNC(=N)N)C(=O)N[C@@H](Cc1ccccc1)C(=O)NCC(=O)O. The van der Waals surface area contributed by atoms with Gasteiger partial charge in [-0.3, -0.25) is 112 Å². The van der Waals surface area contributed by atoms with Crippen LogP contribution in [-0.4, -0.2) is 295 Å². The van der Waals surface area contributed by atoms with Crippen LogP contribution in [0.2, 0.25) is 0 Å². The van der Waals surface area contributed by atoms with E-state index in [0.717, 1.165) is 0 Å². The number of benzene rings is 2. The number of nitrogens with two attached hydrogens (primary N) is 5. The Morgan fingerprint density at radius 3 is 1.04 bits per heavy atom. The molecule has 0 unspecified atom stereocenters. The lowest BCUT2D eigenvalue weighted by Crippen LogP contribution is -2.61.